The van der Waals surface area contributed by atoms with Gasteiger partial charge in [-0.15, -0.1) is 0 Å². The van der Waals surface area contributed by atoms with E-state index in [9.17, 15) is 5.11 Å². The van der Waals surface area contributed by atoms with E-state index in [0.29, 0.717) is 5.95 Å². The van der Waals surface area contributed by atoms with Crippen molar-refractivity contribution >= 4 is 11.8 Å². The Balaban J connectivity index is 2.20. The van der Waals surface area contributed by atoms with E-state index in [0.717, 1.165) is 43.7 Å². The van der Waals surface area contributed by atoms with Gasteiger partial charge in [-0.3, -0.25) is 0 Å². The summed E-state index contributed by atoms with van der Waals surface area (Å²) in [6.07, 6.45) is 5.06. The maximum absolute atomic E-state index is 9.40. The Morgan fingerprint density at radius 3 is 3.11 bits per heavy atom. The Labute approximate surface area is 108 Å². The molecule has 2 N–H and O–H groups in total. The summed E-state index contributed by atoms with van der Waals surface area (Å²) in [5, 5.41) is 12.6. The van der Waals surface area contributed by atoms with Crippen LogP contribution in [0.1, 0.15) is 31.7 Å². The second kappa shape index (κ2) is 6.00. The predicted octanol–water partition coefficient (Wildman–Crippen LogP) is 1.57. The van der Waals surface area contributed by atoms with Crippen molar-refractivity contribution in [3.05, 3.63) is 11.8 Å². The lowest BCUT2D eigenvalue weighted by molar-refractivity contribution is 0.266. The third-order valence-corrected chi connectivity index (χ3v) is 3.34. The first-order chi connectivity index (χ1) is 8.76. The Hall–Kier alpha value is -1.36. The monoisotopic (exact) mass is 250 g/mol. The lowest BCUT2D eigenvalue weighted by Crippen LogP contribution is -2.33. The molecule has 5 nitrogen and oxygen atoms in total. The fraction of sp³-hybridized carbons (Fsp3) is 0.692. The number of aliphatic hydroxyl groups is 1. The van der Waals surface area contributed by atoms with Gasteiger partial charge in [-0.25, -0.2) is 4.98 Å². The molecule has 100 valence electrons. The third kappa shape index (κ3) is 2.72. The maximum atomic E-state index is 9.40. The topological polar surface area (TPSA) is 61.3 Å². The minimum atomic E-state index is 0.196. The highest BCUT2D eigenvalue weighted by atomic mass is 16.3. The molecule has 0 radical (unpaired) electrons. The first kappa shape index (κ1) is 13.1. The average Bonchev–Trinajstić information content (AvgIpc) is 2.86. The van der Waals surface area contributed by atoms with Gasteiger partial charge in [0.15, 0.2) is 0 Å². The van der Waals surface area contributed by atoms with Gasteiger partial charge >= 0.3 is 0 Å². The number of aliphatic hydroxyl groups excluding tert-OH is 1. The van der Waals surface area contributed by atoms with Crippen LogP contribution in [-0.2, 0) is 0 Å². The molecule has 0 bridgehead atoms. The smallest absolute Gasteiger partial charge is 0.224 e. The molecule has 1 aliphatic rings. The summed E-state index contributed by atoms with van der Waals surface area (Å²) < 4.78 is 0. The molecule has 1 atom stereocenters. The van der Waals surface area contributed by atoms with E-state index in [2.05, 4.69) is 27.1 Å². The zero-order valence-corrected chi connectivity index (χ0v) is 11.2. The molecule has 2 heterocycles. The number of hydrogen-bond acceptors (Lipinski definition) is 5. The zero-order chi connectivity index (χ0) is 13.0. The third-order valence-electron chi connectivity index (χ3n) is 3.34. The van der Waals surface area contributed by atoms with E-state index >= 15 is 0 Å². The van der Waals surface area contributed by atoms with E-state index < -0.39 is 0 Å². The van der Waals surface area contributed by atoms with Gasteiger partial charge in [-0.1, -0.05) is 6.92 Å². The van der Waals surface area contributed by atoms with Crippen LogP contribution in [0, 0.1) is 6.92 Å². The highest BCUT2D eigenvalue weighted by Crippen LogP contribution is 2.26. The number of hydrogen-bond donors (Lipinski definition) is 2. The van der Waals surface area contributed by atoms with Gasteiger partial charge in [0, 0.05) is 24.8 Å². The summed E-state index contributed by atoms with van der Waals surface area (Å²) in [7, 11) is 0. The number of aromatic nitrogens is 2. The second-order valence-corrected chi connectivity index (χ2v) is 4.80. The van der Waals surface area contributed by atoms with Crippen LogP contribution in [0.25, 0.3) is 0 Å². The summed E-state index contributed by atoms with van der Waals surface area (Å²) in [6, 6.07) is 0.206. The quantitative estimate of drug-likeness (QED) is 0.830. The molecule has 18 heavy (non-hydrogen) atoms. The molecule has 0 saturated carbocycles. The van der Waals surface area contributed by atoms with Crippen molar-refractivity contribution in [3.8, 4) is 0 Å². The molecular weight excluding hydrogens is 228 g/mol. The van der Waals surface area contributed by atoms with Gasteiger partial charge in [0.1, 0.15) is 5.82 Å². The Morgan fingerprint density at radius 1 is 1.56 bits per heavy atom. The molecule has 0 spiro atoms. The van der Waals surface area contributed by atoms with E-state index in [1.165, 1.54) is 0 Å². The van der Waals surface area contributed by atoms with E-state index in [-0.39, 0.29) is 12.6 Å². The van der Waals surface area contributed by atoms with Crippen molar-refractivity contribution in [3.63, 3.8) is 0 Å². The summed E-state index contributed by atoms with van der Waals surface area (Å²) in [5.41, 5.74) is 1.07. The molecule has 1 unspecified atom stereocenters. The van der Waals surface area contributed by atoms with E-state index in [1.807, 2.05) is 13.1 Å². The molecule has 1 aliphatic heterocycles. The van der Waals surface area contributed by atoms with Gasteiger partial charge in [0.25, 0.3) is 0 Å². The zero-order valence-electron chi connectivity index (χ0n) is 11.2. The largest absolute Gasteiger partial charge is 0.394 e. The predicted molar refractivity (Wildman–Crippen MR) is 73.0 cm³/mol. The van der Waals surface area contributed by atoms with Crippen molar-refractivity contribution in [1.29, 1.82) is 0 Å². The molecule has 0 aliphatic carbocycles. The van der Waals surface area contributed by atoms with E-state index in [1.54, 1.807) is 0 Å². The van der Waals surface area contributed by atoms with Crippen LogP contribution in [-0.4, -0.2) is 40.8 Å². The Kier molecular flexibility index (Phi) is 4.36. The molecule has 1 fully saturated rings. The molecule has 1 saturated heterocycles. The molecule has 0 amide bonds. The molecular formula is C13H22N4O. The lowest BCUT2D eigenvalue weighted by atomic mass is 10.2. The van der Waals surface area contributed by atoms with Crippen molar-refractivity contribution in [2.24, 2.45) is 0 Å². The summed E-state index contributed by atoms with van der Waals surface area (Å²) in [4.78, 5) is 11.1. The van der Waals surface area contributed by atoms with Crippen LogP contribution in [0.5, 0.6) is 0 Å². The molecule has 1 aromatic rings. The highest BCUT2D eigenvalue weighted by Gasteiger charge is 2.26. The van der Waals surface area contributed by atoms with E-state index in [4.69, 9.17) is 0 Å². The fourth-order valence-electron chi connectivity index (χ4n) is 2.35. The SMILES string of the molecule is CCCNc1ncc(C)c(N2CCCC2CO)n1. The molecule has 5 heteroatoms. The van der Waals surface area contributed by atoms with Crippen LogP contribution in [0.2, 0.25) is 0 Å². The van der Waals surface area contributed by atoms with Gasteiger partial charge in [0.05, 0.1) is 12.6 Å². The van der Waals surface area contributed by atoms with Gasteiger partial charge in [0.2, 0.25) is 5.95 Å². The van der Waals surface area contributed by atoms with Gasteiger partial charge in [-0.2, -0.15) is 4.98 Å². The Morgan fingerprint density at radius 2 is 2.39 bits per heavy atom. The summed E-state index contributed by atoms with van der Waals surface area (Å²) in [5.74, 6) is 1.64. The van der Waals surface area contributed by atoms with Crippen molar-refractivity contribution in [1.82, 2.24) is 9.97 Å². The summed E-state index contributed by atoms with van der Waals surface area (Å²) in [6.45, 7) is 6.18. The van der Waals surface area contributed by atoms with Crippen LogP contribution < -0.4 is 10.2 Å². The van der Waals surface area contributed by atoms with Crippen molar-refractivity contribution in [2.45, 2.75) is 39.2 Å². The number of aryl methyl sites for hydroxylation is 1. The number of rotatable bonds is 5. The molecule has 1 aromatic heterocycles. The van der Waals surface area contributed by atoms with Crippen LogP contribution in [0.4, 0.5) is 11.8 Å². The first-order valence-corrected chi connectivity index (χ1v) is 6.71. The van der Waals surface area contributed by atoms with Crippen LogP contribution >= 0.6 is 0 Å². The lowest BCUT2D eigenvalue weighted by Gasteiger charge is -2.25. The second-order valence-electron chi connectivity index (χ2n) is 4.80. The molecule has 0 aromatic carbocycles. The maximum Gasteiger partial charge on any atom is 0.224 e. The standard InChI is InChI=1S/C13H22N4O/c1-3-6-14-13-15-8-10(2)12(16-13)17-7-4-5-11(17)9-18/h8,11,18H,3-7,9H2,1-2H3,(H,14,15,16). The average molecular weight is 250 g/mol. The Bertz CT molecular complexity index is 397. The van der Waals surface area contributed by atoms with Gasteiger partial charge in [-0.05, 0) is 26.2 Å². The van der Waals surface area contributed by atoms with Crippen molar-refractivity contribution < 1.29 is 5.11 Å². The van der Waals surface area contributed by atoms with Crippen LogP contribution in [0.3, 0.4) is 0 Å². The minimum absolute atomic E-state index is 0.196. The number of anilines is 2. The highest BCUT2D eigenvalue weighted by molar-refractivity contribution is 5.50. The minimum Gasteiger partial charge on any atom is -0.394 e. The van der Waals surface area contributed by atoms with Crippen LogP contribution in [0.15, 0.2) is 6.20 Å². The number of nitrogens with zero attached hydrogens (tertiary/aromatic N) is 3. The molecule has 2 rings (SSSR count). The first-order valence-electron chi connectivity index (χ1n) is 6.71. The number of nitrogens with one attached hydrogen (secondary N) is 1. The summed E-state index contributed by atoms with van der Waals surface area (Å²) >= 11 is 0. The van der Waals surface area contributed by atoms with Crippen molar-refractivity contribution in [2.75, 3.05) is 29.9 Å². The van der Waals surface area contributed by atoms with Gasteiger partial charge < -0.3 is 15.3 Å². The fourth-order valence-corrected chi connectivity index (χ4v) is 2.35. The normalized spacial score (nSPS) is 19.3.